The number of nitrogens with two attached hydrogens (primary N) is 1. The second kappa shape index (κ2) is 5.36. The SMILES string of the molecule is CC[C@H](N)c1cccnc1Cl.Cl. The Morgan fingerprint density at radius 2 is 2.33 bits per heavy atom. The predicted octanol–water partition coefficient (Wildman–Crippen LogP) is 2.57. The summed E-state index contributed by atoms with van der Waals surface area (Å²) in [5.74, 6) is 0. The molecule has 1 aromatic heterocycles. The summed E-state index contributed by atoms with van der Waals surface area (Å²) < 4.78 is 0. The second-order valence-corrected chi connectivity index (χ2v) is 2.76. The molecule has 1 heterocycles. The summed E-state index contributed by atoms with van der Waals surface area (Å²) in [6.45, 7) is 2.02. The molecule has 1 atom stereocenters. The van der Waals surface area contributed by atoms with E-state index in [4.69, 9.17) is 17.3 Å². The molecule has 0 aliphatic heterocycles. The van der Waals surface area contributed by atoms with Crippen molar-refractivity contribution in [3.8, 4) is 0 Å². The molecule has 0 amide bonds. The van der Waals surface area contributed by atoms with Gasteiger partial charge < -0.3 is 5.73 Å². The summed E-state index contributed by atoms with van der Waals surface area (Å²) in [4.78, 5) is 3.93. The van der Waals surface area contributed by atoms with E-state index in [-0.39, 0.29) is 18.4 Å². The molecule has 0 radical (unpaired) electrons. The minimum atomic E-state index is 0. The highest BCUT2D eigenvalue weighted by atomic mass is 35.5. The number of hydrogen-bond acceptors (Lipinski definition) is 2. The lowest BCUT2D eigenvalue weighted by Crippen LogP contribution is -2.09. The number of rotatable bonds is 2. The molecule has 0 unspecified atom stereocenters. The van der Waals surface area contributed by atoms with Crippen molar-refractivity contribution in [1.82, 2.24) is 4.98 Å². The standard InChI is InChI=1S/C8H11ClN2.ClH/c1-2-7(10)6-4-3-5-11-8(6)9;/h3-5,7H,2,10H2,1H3;1H/t7-;/m0./s1. The number of nitrogens with zero attached hydrogens (tertiary/aromatic N) is 1. The van der Waals surface area contributed by atoms with Crippen molar-refractivity contribution < 1.29 is 0 Å². The van der Waals surface area contributed by atoms with Gasteiger partial charge in [0.2, 0.25) is 0 Å². The van der Waals surface area contributed by atoms with Crippen LogP contribution in [0.1, 0.15) is 24.9 Å². The lowest BCUT2D eigenvalue weighted by Gasteiger charge is -2.08. The van der Waals surface area contributed by atoms with Crippen LogP contribution in [0, 0.1) is 0 Å². The van der Waals surface area contributed by atoms with Crippen molar-refractivity contribution >= 4 is 24.0 Å². The van der Waals surface area contributed by atoms with Crippen molar-refractivity contribution in [1.29, 1.82) is 0 Å². The zero-order valence-electron chi connectivity index (χ0n) is 6.83. The van der Waals surface area contributed by atoms with Gasteiger partial charge >= 0.3 is 0 Å². The fourth-order valence-corrected chi connectivity index (χ4v) is 1.15. The average Bonchev–Trinajstić information content (AvgIpc) is 2.04. The van der Waals surface area contributed by atoms with E-state index in [1.165, 1.54) is 0 Å². The normalized spacial score (nSPS) is 11.9. The van der Waals surface area contributed by atoms with Crippen LogP contribution in [0.15, 0.2) is 18.3 Å². The monoisotopic (exact) mass is 206 g/mol. The molecule has 0 fully saturated rings. The Morgan fingerprint density at radius 1 is 1.67 bits per heavy atom. The zero-order valence-corrected chi connectivity index (χ0v) is 8.40. The molecule has 0 saturated carbocycles. The first-order valence-corrected chi connectivity index (χ1v) is 3.99. The van der Waals surface area contributed by atoms with Gasteiger partial charge in [0.25, 0.3) is 0 Å². The van der Waals surface area contributed by atoms with Crippen molar-refractivity contribution in [3.05, 3.63) is 29.0 Å². The molecule has 1 aromatic rings. The first kappa shape index (κ1) is 11.7. The van der Waals surface area contributed by atoms with Gasteiger partial charge in [0, 0.05) is 17.8 Å². The summed E-state index contributed by atoms with van der Waals surface area (Å²) in [6.07, 6.45) is 2.54. The van der Waals surface area contributed by atoms with Gasteiger partial charge in [-0.25, -0.2) is 4.98 Å². The van der Waals surface area contributed by atoms with Gasteiger partial charge in [-0.15, -0.1) is 12.4 Å². The van der Waals surface area contributed by atoms with Gasteiger partial charge in [0.15, 0.2) is 0 Å². The van der Waals surface area contributed by atoms with Crippen LogP contribution in [0.2, 0.25) is 5.15 Å². The Kier molecular flexibility index (Phi) is 5.22. The molecule has 4 heteroatoms. The number of halogens is 2. The molecule has 1 rings (SSSR count). The third-order valence-corrected chi connectivity index (χ3v) is 1.94. The molecule has 0 bridgehead atoms. The first-order valence-electron chi connectivity index (χ1n) is 3.61. The maximum Gasteiger partial charge on any atom is 0.133 e. The van der Waals surface area contributed by atoms with Crippen LogP contribution in [-0.2, 0) is 0 Å². The van der Waals surface area contributed by atoms with Crippen molar-refractivity contribution in [3.63, 3.8) is 0 Å². The molecular formula is C8H12Cl2N2. The van der Waals surface area contributed by atoms with Gasteiger partial charge in [-0.3, -0.25) is 0 Å². The molecule has 12 heavy (non-hydrogen) atoms. The molecule has 68 valence electrons. The summed E-state index contributed by atoms with van der Waals surface area (Å²) >= 11 is 5.81. The van der Waals surface area contributed by atoms with E-state index < -0.39 is 0 Å². The maximum atomic E-state index is 5.81. The Bertz CT molecular complexity index is 240. The van der Waals surface area contributed by atoms with Crippen LogP contribution < -0.4 is 5.73 Å². The second-order valence-electron chi connectivity index (χ2n) is 2.40. The van der Waals surface area contributed by atoms with Gasteiger partial charge in [0.05, 0.1) is 0 Å². The Balaban J connectivity index is 0.00000121. The fraction of sp³-hybridized carbons (Fsp3) is 0.375. The van der Waals surface area contributed by atoms with E-state index in [1.54, 1.807) is 6.20 Å². The summed E-state index contributed by atoms with van der Waals surface area (Å²) in [7, 11) is 0. The van der Waals surface area contributed by atoms with E-state index in [0.717, 1.165) is 12.0 Å². The topological polar surface area (TPSA) is 38.9 Å². The lowest BCUT2D eigenvalue weighted by atomic mass is 10.1. The quantitative estimate of drug-likeness (QED) is 0.757. The summed E-state index contributed by atoms with van der Waals surface area (Å²) in [5, 5.41) is 0.516. The Labute approximate surface area is 83.5 Å². The van der Waals surface area contributed by atoms with E-state index in [2.05, 4.69) is 4.98 Å². The van der Waals surface area contributed by atoms with Crippen molar-refractivity contribution in [2.75, 3.05) is 0 Å². The number of pyridine rings is 1. The van der Waals surface area contributed by atoms with Crippen molar-refractivity contribution in [2.45, 2.75) is 19.4 Å². The summed E-state index contributed by atoms with van der Waals surface area (Å²) in [6, 6.07) is 3.76. The van der Waals surface area contributed by atoms with Gasteiger partial charge in [0.1, 0.15) is 5.15 Å². The van der Waals surface area contributed by atoms with Gasteiger partial charge in [-0.2, -0.15) is 0 Å². The molecular weight excluding hydrogens is 195 g/mol. The third kappa shape index (κ3) is 2.63. The molecule has 0 aliphatic rings. The highest BCUT2D eigenvalue weighted by Gasteiger charge is 2.06. The van der Waals surface area contributed by atoms with Gasteiger partial charge in [-0.05, 0) is 12.5 Å². The van der Waals surface area contributed by atoms with E-state index in [9.17, 15) is 0 Å². The van der Waals surface area contributed by atoms with Gasteiger partial charge in [-0.1, -0.05) is 24.6 Å². The molecule has 0 aromatic carbocycles. The maximum absolute atomic E-state index is 5.81. The van der Waals surface area contributed by atoms with E-state index in [1.807, 2.05) is 19.1 Å². The van der Waals surface area contributed by atoms with E-state index in [0.29, 0.717) is 5.15 Å². The van der Waals surface area contributed by atoms with Crippen molar-refractivity contribution in [2.24, 2.45) is 5.73 Å². The predicted molar refractivity (Wildman–Crippen MR) is 53.7 cm³/mol. The van der Waals surface area contributed by atoms with Crippen LogP contribution >= 0.6 is 24.0 Å². The Hall–Kier alpha value is -0.310. The molecule has 0 aliphatic carbocycles. The number of hydrogen-bond donors (Lipinski definition) is 1. The molecule has 2 N–H and O–H groups in total. The molecule has 0 saturated heterocycles. The highest BCUT2D eigenvalue weighted by Crippen LogP contribution is 2.19. The first-order chi connectivity index (χ1) is 5.25. The number of aromatic nitrogens is 1. The largest absolute Gasteiger partial charge is 0.324 e. The molecule has 2 nitrogen and oxygen atoms in total. The third-order valence-electron chi connectivity index (χ3n) is 1.63. The van der Waals surface area contributed by atoms with E-state index >= 15 is 0 Å². The summed E-state index contributed by atoms with van der Waals surface area (Å²) in [5.41, 5.74) is 6.70. The minimum Gasteiger partial charge on any atom is -0.324 e. The fourth-order valence-electron chi connectivity index (χ4n) is 0.895. The smallest absolute Gasteiger partial charge is 0.133 e. The molecule has 0 spiro atoms. The van der Waals surface area contributed by atoms with Crippen LogP contribution in [0.3, 0.4) is 0 Å². The van der Waals surface area contributed by atoms with Crippen LogP contribution in [0.4, 0.5) is 0 Å². The Morgan fingerprint density at radius 3 is 2.83 bits per heavy atom. The van der Waals surface area contributed by atoms with Crippen LogP contribution in [0.5, 0.6) is 0 Å². The highest BCUT2D eigenvalue weighted by molar-refractivity contribution is 6.30. The zero-order chi connectivity index (χ0) is 8.27. The average molecular weight is 207 g/mol. The minimum absolute atomic E-state index is 0. The lowest BCUT2D eigenvalue weighted by molar-refractivity contribution is 0.695. The van der Waals surface area contributed by atoms with Crippen LogP contribution in [0.25, 0.3) is 0 Å². The van der Waals surface area contributed by atoms with Crippen LogP contribution in [-0.4, -0.2) is 4.98 Å².